The molecule has 0 heterocycles. The van der Waals surface area contributed by atoms with Crippen LogP contribution in [0.5, 0.6) is 0 Å². The van der Waals surface area contributed by atoms with Gasteiger partial charge in [-0.1, -0.05) is 12.2 Å². The van der Waals surface area contributed by atoms with Crippen LogP contribution in [-0.4, -0.2) is 50.6 Å². The van der Waals surface area contributed by atoms with Gasteiger partial charge in [0.2, 0.25) is 0 Å². The third-order valence-corrected chi connectivity index (χ3v) is 5.89. The molecule has 2 aliphatic rings. The molecular weight excluding hydrogens is 360 g/mol. The third-order valence-electron chi connectivity index (χ3n) is 5.89. The molecule has 2 saturated carbocycles. The van der Waals surface area contributed by atoms with Gasteiger partial charge in [0.05, 0.1) is 38.6 Å². The van der Waals surface area contributed by atoms with E-state index in [-0.39, 0.29) is 36.0 Å². The largest absolute Gasteiger partial charge is 0.466 e. The fourth-order valence-electron chi connectivity index (χ4n) is 4.62. The number of carbonyl (C=O) groups excluding carboxylic acids is 2. The summed E-state index contributed by atoms with van der Waals surface area (Å²) in [6.45, 7) is 12.1. The van der Waals surface area contributed by atoms with E-state index >= 15 is 0 Å². The molecule has 0 unspecified atom stereocenters. The van der Waals surface area contributed by atoms with Gasteiger partial charge in [0, 0.05) is 13.8 Å². The van der Waals surface area contributed by atoms with Gasteiger partial charge >= 0.3 is 11.9 Å². The van der Waals surface area contributed by atoms with Crippen LogP contribution < -0.4 is 0 Å². The SMILES string of the molecule is C=CCO[C@@H]1C[C@H]2C[C@H](COC(C)=O)[C@@H](COC(C)=O)C[C@H]2C[C@H]1OCC=C. The Morgan fingerprint density at radius 1 is 0.786 bits per heavy atom. The molecule has 0 spiro atoms. The van der Waals surface area contributed by atoms with Crippen molar-refractivity contribution in [2.45, 2.75) is 51.7 Å². The number of hydrogen-bond donors (Lipinski definition) is 0. The summed E-state index contributed by atoms with van der Waals surface area (Å²) in [5, 5.41) is 0. The molecular formula is C22H34O6. The second kappa shape index (κ2) is 11.4. The van der Waals surface area contributed by atoms with Crippen molar-refractivity contribution in [1.82, 2.24) is 0 Å². The Kier molecular flexibility index (Phi) is 9.19. The first-order valence-electron chi connectivity index (χ1n) is 10.2. The molecule has 0 bridgehead atoms. The molecule has 2 rings (SSSR count). The lowest BCUT2D eigenvalue weighted by Crippen LogP contribution is -2.47. The molecule has 2 aliphatic carbocycles. The number of fused-ring (bicyclic) bond motifs is 1. The first kappa shape index (κ1) is 22.6. The smallest absolute Gasteiger partial charge is 0.302 e. The molecule has 28 heavy (non-hydrogen) atoms. The lowest BCUT2D eigenvalue weighted by molar-refractivity contribution is -0.152. The summed E-state index contributed by atoms with van der Waals surface area (Å²) < 4.78 is 22.6. The minimum atomic E-state index is -0.276. The van der Waals surface area contributed by atoms with E-state index in [0.717, 1.165) is 25.7 Å². The Bertz CT molecular complexity index is 497. The van der Waals surface area contributed by atoms with E-state index < -0.39 is 0 Å². The first-order valence-corrected chi connectivity index (χ1v) is 10.2. The quantitative estimate of drug-likeness (QED) is 0.418. The van der Waals surface area contributed by atoms with Gasteiger partial charge in [0.15, 0.2) is 0 Å². The van der Waals surface area contributed by atoms with E-state index in [1.807, 2.05) is 0 Å². The molecule has 6 heteroatoms. The van der Waals surface area contributed by atoms with E-state index in [9.17, 15) is 9.59 Å². The van der Waals surface area contributed by atoms with Crippen molar-refractivity contribution in [2.24, 2.45) is 23.7 Å². The lowest BCUT2D eigenvalue weighted by Gasteiger charge is -2.47. The van der Waals surface area contributed by atoms with E-state index in [0.29, 0.717) is 38.3 Å². The Balaban J connectivity index is 2.07. The molecule has 0 saturated heterocycles. The summed E-state index contributed by atoms with van der Waals surface area (Å²) in [6, 6.07) is 0. The van der Waals surface area contributed by atoms with Crippen LogP contribution in [0.2, 0.25) is 0 Å². The highest BCUT2D eigenvalue weighted by Crippen LogP contribution is 2.47. The van der Waals surface area contributed by atoms with Crippen LogP contribution in [-0.2, 0) is 28.5 Å². The van der Waals surface area contributed by atoms with Gasteiger partial charge in [0.1, 0.15) is 0 Å². The van der Waals surface area contributed by atoms with Gasteiger partial charge in [-0.3, -0.25) is 9.59 Å². The van der Waals surface area contributed by atoms with Crippen molar-refractivity contribution in [3.8, 4) is 0 Å². The number of carbonyl (C=O) groups is 2. The molecule has 158 valence electrons. The summed E-state index contributed by atoms with van der Waals surface area (Å²) in [5.41, 5.74) is 0. The summed E-state index contributed by atoms with van der Waals surface area (Å²) in [5.74, 6) is 0.787. The fraction of sp³-hybridized carbons (Fsp3) is 0.727. The van der Waals surface area contributed by atoms with Gasteiger partial charge in [-0.15, -0.1) is 13.2 Å². The van der Waals surface area contributed by atoms with E-state index in [1.165, 1.54) is 13.8 Å². The molecule has 0 N–H and O–H groups in total. The second-order valence-electron chi connectivity index (χ2n) is 7.91. The van der Waals surface area contributed by atoms with Gasteiger partial charge < -0.3 is 18.9 Å². The van der Waals surface area contributed by atoms with E-state index in [4.69, 9.17) is 18.9 Å². The summed E-state index contributed by atoms with van der Waals surface area (Å²) in [6.07, 6.45) is 7.27. The van der Waals surface area contributed by atoms with E-state index in [2.05, 4.69) is 13.2 Å². The minimum absolute atomic E-state index is 0.0265. The molecule has 0 aromatic rings. The van der Waals surface area contributed by atoms with Crippen LogP contribution in [0.3, 0.4) is 0 Å². The monoisotopic (exact) mass is 394 g/mol. The van der Waals surface area contributed by atoms with Crippen LogP contribution in [0.1, 0.15) is 39.5 Å². The molecule has 6 atom stereocenters. The van der Waals surface area contributed by atoms with Crippen molar-refractivity contribution in [3.63, 3.8) is 0 Å². The van der Waals surface area contributed by atoms with Gasteiger partial charge in [-0.05, 0) is 49.4 Å². The molecule has 0 radical (unpaired) electrons. The Hall–Kier alpha value is -1.66. The topological polar surface area (TPSA) is 71.1 Å². The van der Waals surface area contributed by atoms with Crippen LogP contribution in [0, 0.1) is 23.7 Å². The van der Waals surface area contributed by atoms with Crippen LogP contribution in [0.15, 0.2) is 25.3 Å². The maximum absolute atomic E-state index is 11.3. The standard InChI is InChI=1S/C22H34O6/c1-5-7-25-21-11-17-9-19(13-27-15(3)23)20(14-28-16(4)24)10-18(17)12-22(21)26-8-6-2/h5-6,17-22H,1-2,7-14H2,3-4H3/t17-,18+,19-,20-,21-,22-/m1/s1. The van der Waals surface area contributed by atoms with Crippen molar-refractivity contribution in [1.29, 1.82) is 0 Å². The third kappa shape index (κ3) is 6.74. The average Bonchev–Trinajstić information content (AvgIpc) is 2.66. The van der Waals surface area contributed by atoms with Crippen molar-refractivity contribution in [2.75, 3.05) is 26.4 Å². The first-order chi connectivity index (χ1) is 13.4. The van der Waals surface area contributed by atoms with Crippen molar-refractivity contribution < 1.29 is 28.5 Å². The van der Waals surface area contributed by atoms with Crippen molar-refractivity contribution >= 4 is 11.9 Å². The van der Waals surface area contributed by atoms with Crippen LogP contribution >= 0.6 is 0 Å². The normalized spacial score (nSPS) is 32.1. The van der Waals surface area contributed by atoms with Crippen molar-refractivity contribution in [3.05, 3.63) is 25.3 Å². The molecule has 6 nitrogen and oxygen atoms in total. The zero-order valence-corrected chi connectivity index (χ0v) is 17.1. The van der Waals surface area contributed by atoms with Gasteiger partial charge in [0.25, 0.3) is 0 Å². The second-order valence-corrected chi connectivity index (χ2v) is 7.91. The molecule has 0 amide bonds. The highest BCUT2D eigenvalue weighted by atomic mass is 16.5. The number of hydrogen-bond acceptors (Lipinski definition) is 6. The molecule has 0 aromatic heterocycles. The predicted octanol–water partition coefficient (Wildman–Crippen LogP) is 3.31. The minimum Gasteiger partial charge on any atom is -0.466 e. The highest BCUT2D eigenvalue weighted by molar-refractivity contribution is 5.66. The molecule has 0 aliphatic heterocycles. The number of ether oxygens (including phenoxy) is 4. The zero-order chi connectivity index (χ0) is 20.5. The molecule has 0 aromatic carbocycles. The van der Waals surface area contributed by atoms with Gasteiger partial charge in [-0.25, -0.2) is 0 Å². The predicted molar refractivity (Wildman–Crippen MR) is 106 cm³/mol. The van der Waals surface area contributed by atoms with Gasteiger partial charge in [-0.2, -0.15) is 0 Å². The Morgan fingerprint density at radius 3 is 1.50 bits per heavy atom. The molecule has 2 fully saturated rings. The highest BCUT2D eigenvalue weighted by Gasteiger charge is 2.45. The summed E-state index contributed by atoms with van der Waals surface area (Å²) >= 11 is 0. The fourth-order valence-corrected chi connectivity index (χ4v) is 4.62. The zero-order valence-electron chi connectivity index (χ0n) is 17.1. The maximum Gasteiger partial charge on any atom is 0.302 e. The Labute approximate surface area is 168 Å². The van der Waals surface area contributed by atoms with Crippen LogP contribution in [0.4, 0.5) is 0 Å². The summed E-state index contributed by atoms with van der Waals surface area (Å²) in [4.78, 5) is 22.6. The summed E-state index contributed by atoms with van der Waals surface area (Å²) in [7, 11) is 0. The van der Waals surface area contributed by atoms with E-state index in [1.54, 1.807) is 12.2 Å². The Morgan fingerprint density at radius 2 is 1.18 bits per heavy atom. The van der Waals surface area contributed by atoms with Crippen LogP contribution in [0.25, 0.3) is 0 Å². The maximum atomic E-state index is 11.3. The average molecular weight is 395 g/mol. The number of esters is 2. The lowest BCUT2D eigenvalue weighted by atomic mass is 9.62. The number of rotatable bonds is 10.